The second-order valence-corrected chi connectivity index (χ2v) is 5.51. The van der Waals surface area contributed by atoms with Crippen molar-refractivity contribution in [1.29, 1.82) is 0 Å². The minimum absolute atomic E-state index is 0.0738. The lowest BCUT2D eigenvalue weighted by Crippen LogP contribution is -2.27. The van der Waals surface area contributed by atoms with E-state index in [0.29, 0.717) is 6.61 Å². The molecule has 0 aliphatic carbocycles. The van der Waals surface area contributed by atoms with Crippen LogP contribution in [-0.4, -0.2) is 6.04 Å². The molecule has 2 atom stereocenters. The first-order chi connectivity index (χ1) is 9.58. The molecule has 0 bridgehead atoms. The fourth-order valence-corrected chi connectivity index (χ4v) is 2.46. The quantitative estimate of drug-likeness (QED) is 0.893. The number of nitrogens with two attached hydrogens (primary N) is 1. The first-order valence-electron chi connectivity index (χ1n) is 6.75. The molecule has 0 amide bonds. The van der Waals surface area contributed by atoms with Gasteiger partial charge in [-0.25, -0.2) is 0 Å². The van der Waals surface area contributed by atoms with Crippen molar-refractivity contribution in [3.05, 3.63) is 70.2 Å². The number of ether oxygens (including phenoxy) is 1. The first kappa shape index (κ1) is 15.0. The van der Waals surface area contributed by atoms with Gasteiger partial charge in [-0.15, -0.1) is 0 Å². The highest BCUT2D eigenvalue weighted by Crippen LogP contribution is 2.25. The molecule has 2 N–H and O–H groups in total. The zero-order chi connectivity index (χ0) is 14.5. The van der Waals surface area contributed by atoms with E-state index < -0.39 is 0 Å². The maximum Gasteiger partial charge on any atom is 0.0980 e. The van der Waals surface area contributed by atoms with Gasteiger partial charge in [-0.3, -0.25) is 0 Å². The van der Waals surface area contributed by atoms with Gasteiger partial charge in [0.25, 0.3) is 0 Å². The Hall–Kier alpha value is -1.35. The van der Waals surface area contributed by atoms with Gasteiger partial charge in [0.15, 0.2) is 0 Å². The molecular formula is C17H20ClNO. The molecule has 0 aromatic heterocycles. The molecule has 20 heavy (non-hydrogen) atoms. The average molecular weight is 290 g/mol. The van der Waals surface area contributed by atoms with Gasteiger partial charge in [-0.05, 0) is 42.7 Å². The molecule has 0 saturated heterocycles. The minimum atomic E-state index is -0.116. The summed E-state index contributed by atoms with van der Waals surface area (Å²) < 4.78 is 6.03. The van der Waals surface area contributed by atoms with E-state index in [9.17, 15) is 0 Å². The smallest absolute Gasteiger partial charge is 0.0980 e. The van der Waals surface area contributed by atoms with Crippen molar-refractivity contribution in [1.82, 2.24) is 0 Å². The van der Waals surface area contributed by atoms with Gasteiger partial charge < -0.3 is 10.5 Å². The Morgan fingerprint density at radius 1 is 1.15 bits per heavy atom. The van der Waals surface area contributed by atoms with Gasteiger partial charge in [-0.1, -0.05) is 48.0 Å². The van der Waals surface area contributed by atoms with Crippen molar-refractivity contribution in [2.24, 2.45) is 5.73 Å². The Balaban J connectivity index is 2.13. The predicted molar refractivity (Wildman–Crippen MR) is 83.8 cm³/mol. The van der Waals surface area contributed by atoms with Crippen LogP contribution in [-0.2, 0) is 11.3 Å². The maximum absolute atomic E-state index is 6.08. The molecule has 0 fully saturated rings. The second kappa shape index (κ2) is 6.89. The number of aryl methyl sites for hydroxylation is 1. The molecule has 0 saturated carbocycles. The fraction of sp³-hybridized carbons (Fsp3) is 0.294. The summed E-state index contributed by atoms with van der Waals surface area (Å²) in [7, 11) is 0. The topological polar surface area (TPSA) is 35.2 Å². The number of rotatable bonds is 5. The Labute approximate surface area is 125 Å². The summed E-state index contributed by atoms with van der Waals surface area (Å²) in [4.78, 5) is 0. The van der Waals surface area contributed by atoms with Gasteiger partial charge in [0, 0.05) is 11.1 Å². The summed E-state index contributed by atoms with van der Waals surface area (Å²) in [6, 6.07) is 15.8. The lowest BCUT2D eigenvalue weighted by molar-refractivity contribution is 0.0255. The molecule has 2 rings (SSSR count). The van der Waals surface area contributed by atoms with Crippen LogP contribution in [0, 0.1) is 6.92 Å². The Bertz CT molecular complexity index is 568. The van der Waals surface area contributed by atoms with Crippen LogP contribution < -0.4 is 5.73 Å². The van der Waals surface area contributed by atoms with Crippen LogP contribution in [0.5, 0.6) is 0 Å². The third-order valence-electron chi connectivity index (χ3n) is 3.29. The summed E-state index contributed by atoms with van der Waals surface area (Å²) in [5.74, 6) is 0. The standard InChI is InChI=1S/C17H20ClNO/c1-12-6-3-4-9-16(12)17(13(2)19)20-11-14-7-5-8-15(18)10-14/h3-10,13,17H,11,19H2,1-2H3. The van der Waals surface area contributed by atoms with E-state index in [1.165, 1.54) is 5.56 Å². The summed E-state index contributed by atoms with van der Waals surface area (Å²) >= 11 is 5.98. The van der Waals surface area contributed by atoms with Crippen LogP contribution in [0.25, 0.3) is 0 Å². The van der Waals surface area contributed by atoms with E-state index in [1.54, 1.807) is 0 Å². The van der Waals surface area contributed by atoms with E-state index in [2.05, 4.69) is 19.1 Å². The number of benzene rings is 2. The number of hydrogen-bond acceptors (Lipinski definition) is 2. The molecule has 0 aliphatic heterocycles. The molecular weight excluding hydrogens is 270 g/mol. The van der Waals surface area contributed by atoms with E-state index in [1.807, 2.05) is 43.3 Å². The van der Waals surface area contributed by atoms with E-state index in [-0.39, 0.29) is 12.1 Å². The lowest BCUT2D eigenvalue weighted by Gasteiger charge is -2.23. The molecule has 0 radical (unpaired) electrons. The van der Waals surface area contributed by atoms with Gasteiger partial charge in [0.1, 0.15) is 0 Å². The van der Waals surface area contributed by atoms with Crippen molar-refractivity contribution in [3.63, 3.8) is 0 Å². The van der Waals surface area contributed by atoms with E-state index in [0.717, 1.165) is 16.1 Å². The van der Waals surface area contributed by atoms with Crippen LogP contribution in [0.3, 0.4) is 0 Å². The van der Waals surface area contributed by atoms with Crippen LogP contribution >= 0.6 is 11.6 Å². The largest absolute Gasteiger partial charge is 0.367 e. The average Bonchev–Trinajstić information content (AvgIpc) is 2.40. The minimum Gasteiger partial charge on any atom is -0.367 e. The summed E-state index contributed by atoms with van der Waals surface area (Å²) in [6.45, 7) is 4.55. The zero-order valence-electron chi connectivity index (χ0n) is 11.8. The van der Waals surface area contributed by atoms with Gasteiger partial charge in [-0.2, -0.15) is 0 Å². The molecule has 0 aliphatic rings. The van der Waals surface area contributed by atoms with Crippen LogP contribution in [0.2, 0.25) is 5.02 Å². The molecule has 2 unspecified atom stereocenters. The fourth-order valence-electron chi connectivity index (χ4n) is 2.24. The van der Waals surface area contributed by atoms with E-state index in [4.69, 9.17) is 22.1 Å². The highest BCUT2D eigenvalue weighted by molar-refractivity contribution is 6.30. The molecule has 0 heterocycles. The van der Waals surface area contributed by atoms with Gasteiger partial charge in [0.05, 0.1) is 12.7 Å². The predicted octanol–water partition coefficient (Wildman–Crippen LogP) is 4.25. The normalized spacial score (nSPS) is 14.0. The summed E-state index contributed by atoms with van der Waals surface area (Å²) in [6.07, 6.45) is -0.116. The maximum atomic E-state index is 6.08. The molecule has 3 heteroatoms. The lowest BCUT2D eigenvalue weighted by atomic mass is 9.99. The summed E-state index contributed by atoms with van der Waals surface area (Å²) in [5, 5.41) is 0.722. The number of halogens is 1. The van der Waals surface area contributed by atoms with Crippen molar-refractivity contribution < 1.29 is 4.74 Å². The van der Waals surface area contributed by atoms with Crippen LogP contribution in [0.1, 0.15) is 29.7 Å². The second-order valence-electron chi connectivity index (χ2n) is 5.08. The monoisotopic (exact) mass is 289 g/mol. The Morgan fingerprint density at radius 3 is 2.55 bits per heavy atom. The molecule has 106 valence electrons. The molecule has 0 spiro atoms. The molecule has 2 nitrogen and oxygen atoms in total. The summed E-state index contributed by atoms with van der Waals surface area (Å²) in [5.41, 5.74) is 9.47. The zero-order valence-corrected chi connectivity index (χ0v) is 12.6. The van der Waals surface area contributed by atoms with Crippen LogP contribution in [0.4, 0.5) is 0 Å². The molecule has 2 aromatic rings. The van der Waals surface area contributed by atoms with Crippen LogP contribution in [0.15, 0.2) is 48.5 Å². The van der Waals surface area contributed by atoms with Crippen molar-refractivity contribution in [3.8, 4) is 0 Å². The number of hydrogen-bond donors (Lipinski definition) is 1. The Morgan fingerprint density at radius 2 is 1.90 bits per heavy atom. The third kappa shape index (κ3) is 3.83. The Kier molecular flexibility index (Phi) is 5.18. The van der Waals surface area contributed by atoms with E-state index >= 15 is 0 Å². The van der Waals surface area contributed by atoms with Gasteiger partial charge in [0.2, 0.25) is 0 Å². The van der Waals surface area contributed by atoms with Crippen molar-refractivity contribution >= 4 is 11.6 Å². The third-order valence-corrected chi connectivity index (χ3v) is 3.53. The first-order valence-corrected chi connectivity index (χ1v) is 7.13. The molecule has 2 aromatic carbocycles. The van der Waals surface area contributed by atoms with Gasteiger partial charge >= 0.3 is 0 Å². The highest BCUT2D eigenvalue weighted by atomic mass is 35.5. The van der Waals surface area contributed by atoms with Crippen molar-refractivity contribution in [2.75, 3.05) is 0 Å². The highest BCUT2D eigenvalue weighted by Gasteiger charge is 2.18. The van der Waals surface area contributed by atoms with Crippen molar-refractivity contribution in [2.45, 2.75) is 32.6 Å². The SMILES string of the molecule is Cc1ccccc1C(OCc1cccc(Cl)c1)C(C)N.